The van der Waals surface area contributed by atoms with Gasteiger partial charge in [0.15, 0.2) is 0 Å². The number of carboxylic acid groups (broad SMARTS) is 2. The highest BCUT2D eigenvalue weighted by Gasteiger charge is 2.07. The van der Waals surface area contributed by atoms with Gasteiger partial charge in [0.05, 0.1) is 16.1 Å². The van der Waals surface area contributed by atoms with Gasteiger partial charge in [-0.15, -0.1) is 0 Å². The number of hydrogen-bond donors (Lipinski definition) is 2. The van der Waals surface area contributed by atoms with Crippen LogP contribution in [0.2, 0.25) is 10.0 Å². The van der Waals surface area contributed by atoms with Gasteiger partial charge in [-0.25, -0.2) is 9.59 Å². The second kappa shape index (κ2) is 8.56. The van der Waals surface area contributed by atoms with E-state index >= 15 is 0 Å². The summed E-state index contributed by atoms with van der Waals surface area (Å²) in [7, 11) is 0. The number of halogens is 2. The summed E-state index contributed by atoms with van der Waals surface area (Å²) in [5.41, 5.74) is 1.58. The van der Waals surface area contributed by atoms with Crippen LogP contribution in [-0.2, 0) is 0 Å². The lowest BCUT2D eigenvalue weighted by Gasteiger charge is -2.04. The van der Waals surface area contributed by atoms with E-state index in [-0.39, 0.29) is 10.6 Å². The zero-order chi connectivity index (χ0) is 17.6. The highest BCUT2D eigenvalue weighted by Crippen LogP contribution is 2.20. The molecule has 122 valence electrons. The van der Waals surface area contributed by atoms with Crippen LogP contribution in [0, 0.1) is 0 Å². The van der Waals surface area contributed by atoms with Crippen molar-refractivity contribution in [3.63, 3.8) is 0 Å². The van der Waals surface area contributed by atoms with Crippen LogP contribution in [0.25, 0.3) is 0 Å². The van der Waals surface area contributed by atoms with Gasteiger partial charge in [-0.05, 0) is 41.8 Å². The fourth-order valence-corrected chi connectivity index (χ4v) is 2.16. The van der Waals surface area contributed by atoms with Crippen molar-refractivity contribution >= 4 is 35.1 Å². The maximum Gasteiger partial charge on any atom is 0.337 e. The molecule has 0 aromatic heterocycles. The first kappa shape index (κ1) is 19.0. The predicted octanol–water partition coefficient (Wildman–Crippen LogP) is 5.20. The molecule has 6 heteroatoms. The van der Waals surface area contributed by atoms with Crippen LogP contribution in [-0.4, -0.2) is 22.2 Å². The van der Waals surface area contributed by atoms with Crippen LogP contribution in [0.4, 0.5) is 0 Å². The van der Waals surface area contributed by atoms with Crippen molar-refractivity contribution < 1.29 is 19.8 Å². The lowest BCUT2D eigenvalue weighted by atomic mass is 10.0. The standard InChI is InChI=1S/C10H12O2.C7H4Cl2O2/c1-7(2)8-3-5-9(6-4-8)10(11)12;8-4-1-2-5(7(10)11)6(9)3-4/h3-7H,1-2H3,(H,11,12);1-3H,(H,10,11). The first-order valence-corrected chi connectivity index (χ1v) is 7.49. The van der Waals surface area contributed by atoms with Gasteiger partial charge in [0.2, 0.25) is 0 Å². The zero-order valence-corrected chi connectivity index (χ0v) is 14.1. The van der Waals surface area contributed by atoms with E-state index in [2.05, 4.69) is 13.8 Å². The number of hydrogen-bond acceptors (Lipinski definition) is 2. The van der Waals surface area contributed by atoms with Gasteiger partial charge in [0.1, 0.15) is 0 Å². The predicted molar refractivity (Wildman–Crippen MR) is 90.9 cm³/mol. The van der Waals surface area contributed by atoms with Crippen molar-refractivity contribution in [1.82, 2.24) is 0 Å². The Morgan fingerprint density at radius 3 is 1.87 bits per heavy atom. The van der Waals surface area contributed by atoms with E-state index in [1.807, 2.05) is 12.1 Å². The Labute approximate surface area is 144 Å². The molecule has 0 amide bonds. The number of carboxylic acids is 2. The van der Waals surface area contributed by atoms with Gasteiger partial charge in [-0.3, -0.25) is 0 Å². The molecular formula is C17H16Cl2O4. The second-order valence-electron chi connectivity index (χ2n) is 5.01. The van der Waals surface area contributed by atoms with E-state index in [0.29, 0.717) is 16.5 Å². The molecule has 0 spiro atoms. The van der Waals surface area contributed by atoms with Crippen molar-refractivity contribution in [3.05, 3.63) is 69.2 Å². The van der Waals surface area contributed by atoms with Crippen LogP contribution in [0.5, 0.6) is 0 Å². The Kier molecular flexibility index (Phi) is 7.07. The summed E-state index contributed by atoms with van der Waals surface area (Å²) in [5.74, 6) is -1.47. The summed E-state index contributed by atoms with van der Waals surface area (Å²) >= 11 is 11.1. The molecule has 2 rings (SSSR count). The third kappa shape index (κ3) is 5.93. The van der Waals surface area contributed by atoms with Crippen molar-refractivity contribution in [3.8, 4) is 0 Å². The van der Waals surface area contributed by atoms with E-state index in [9.17, 15) is 9.59 Å². The fourth-order valence-electron chi connectivity index (χ4n) is 1.67. The molecule has 0 aliphatic carbocycles. The summed E-state index contributed by atoms with van der Waals surface area (Å²) in [4.78, 5) is 20.9. The smallest absolute Gasteiger partial charge is 0.337 e. The summed E-state index contributed by atoms with van der Waals surface area (Å²) in [6.45, 7) is 4.16. The Bertz CT molecular complexity index is 694. The number of carbonyl (C=O) groups is 2. The van der Waals surface area contributed by atoms with Gasteiger partial charge in [-0.2, -0.15) is 0 Å². The monoisotopic (exact) mass is 354 g/mol. The average Bonchev–Trinajstić information content (AvgIpc) is 2.47. The Morgan fingerprint density at radius 1 is 0.913 bits per heavy atom. The number of rotatable bonds is 3. The van der Waals surface area contributed by atoms with Crippen LogP contribution in [0.3, 0.4) is 0 Å². The zero-order valence-electron chi connectivity index (χ0n) is 12.6. The molecule has 0 aliphatic heterocycles. The highest BCUT2D eigenvalue weighted by molar-refractivity contribution is 6.36. The van der Waals surface area contributed by atoms with Gasteiger partial charge < -0.3 is 10.2 Å². The molecule has 0 aliphatic rings. The number of aromatic carboxylic acids is 2. The van der Waals surface area contributed by atoms with Crippen LogP contribution >= 0.6 is 23.2 Å². The molecule has 0 saturated heterocycles. The first-order valence-electron chi connectivity index (χ1n) is 6.74. The molecular weight excluding hydrogens is 339 g/mol. The average molecular weight is 355 g/mol. The van der Waals surface area contributed by atoms with E-state index in [1.165, 1.54) is 23.8 Å². The molecule has 23 heavy (non-hydrogen) atoms. The van der Waals surface area contributed by atoms with E-state index in [1.54, 1.807) is 12.1 Å². The molecule has 0 atom stereocenters. The van der Waals surface area contributed by atoms with E-state index < -0.39 is 11.9 Å². The van der Waals surface area contributed by atoms with Crippen LogP contribution in [0.15, 0.2) is 42.5 Å². The largest absolute Gasteiger partial charge is 0.478 e. The lowest BCUT2D eigenvalue weighted by Crippen LogP contribution is -1.96. The molecule has 2 N–H and O–H groups in total. The summed E-state index contributed by atoms with van der Waals surface area (Å²) in [5, 5.41) is 17.7. The molecule has 0 radical (unpaired) electrons. The van der Waals surface area contributed by atoms with Gasteiger partial charge in [0, 0.05) is 5.02 Å². The van der Waals surface area contributed by atoms with Crippen molar-refractivity contribution in [2.45, 2.75) is 19.8 Å². The summed E-state index contributed by atoms with van der Waals surface area (Å²) in [6, 6.07) is 11.2. The molecule has 0 bridgehead atoms. The second-order valence-corrected chi connectivity index (χ2v) is 5.85. The third-order valence-electron chi connectivity index (χ3n) is 2.99. The van der Waals surface area contributed by atoms with Crippen LogP contribution < -0.4 is 0 Å². The minimum absolute atomic E-state index is 0.0658. The highest BCUT2D eigenvalue weighted by atomic mass is 35.5. The maximum absolute atomic E-state index is 10.5. The molecule has 0 heterocycles. The SMILES string of the molecule is CC(C)c1ccc(C(=O)O)cc1.O=C(O)c1ccc(Cl)cc1Cl. The van der Waals surface area contributed by atoms with Crippen LogP contribution in [0.1, 0.15) is 46.0 Å². The fraction of sp³-hybridized carbons (Fsp3) is 0.176. The lowest BCUT2D eigenvalue weighted by molar-refractivity contribution is 0.0686. The summed E-state index contributed by atoms with van der Waals surface area (Å²) in [6.07, 6.45) is 0. The molecule has 2 aromatic carbocycles. The van der Waals surface area contributed by atoms with Gasteiger partial charge in [-0.1, -0.05) is 49.2 Å². The number of benzene rings is 2. The molecule has 2 aromatic rings. The quantitative estimate of drug-likeness (QED) is 0.794. The van der Waals surface area contributed by atoms with Crippen molar-refractivity contribution in [2.75, 3.05) is 0 Å². The third-order valence-corrected chi connectivity index (χ3v) is 3.53. The Morgan fingerprint density at radius 2 is 1.48 bits per heavy atom. The van der Waals surface area contributed by atoms with Gasteiger partial charge in [0.25, 0.3) is 0 Å². The topological polar surface area (TPSA) is 74.6 Å². The Balaban J connectivity index is 0.000000231. The van der Waals surface area contributed by atoms with Crippen molar-refractivity contribution in [2.24, 2.45) is 0 Å². The maximum atomic E-state index is 10.5. The normalized spacial score (nSPS) is 9.96. The van der Waals surface area contributed by atoms with E-state index in [0.717, 1.165) is 0 Å². The van der Waals surface area contributed by atoms with Crippen molar-refractivity contribution in [1.29, 1.82) is 0 Å². The minimum atomic E-state index is -1.05. The summed E-state index contributed by atoms with van der Waals surface area (Å²) < 4.78 is 0. The molecule has 4 nitrogen and oxygen atoms in total. The minimum Gasteiger partial charge on any atom is -0.478 e. The van der Waals surface area contributed by atoms with E-state index in [4.69, 9.17) is 33.4 Å². The first-order chi connectivity index (χ1) is 10.7. The molecule has 0 fully saturated rings. The van der Waals surface area contributed by atoms with Gasteiger partial charge >= 0.3 is 11.9 Å². The Hall–Kier alpha value is -2.04. The molecule has 0 unspecified atom stereocenters. The molecule has 0 saturated carbocycles.